The molecule has 2 aromatic heterocycles. The minimum Gasteiger partial charge on any atom is -0.394 e. The Balaban J connectivity index is 2.20. The lowest BCUT2D eigenvalue weighted by molar-refractivity contribution is -0.141. The van der Waals surface area contributed by atoms with E-state index >= 15 is 0 Å². The number of rotatable bonds is 5. The molecule has 3 rings (SSSR count). The zero-order valence-electron chi connectivity index (χ0n) is 16.3. The molecule has 2 heterocycles. The molecular formula is C20H15F5N4O3. The number of aliphatic hydroxyl groups excluding tert-OH is 1. The average Bonchev–Trinajstić information content (AvgIpc) is 2.72. The highest BCUT2D eigenvalue weighted by Gasteiger charge is 2.32. The van der Waals surface area contributed by atoms with Crippen LogP contribution in [0.2, 0.25) is 0 Å². The van der Waals surface area contributed by atoms with Crippen LogP contribution >= 0.6 is 0 Å². The fourth-order valence-corrected chi connectivity index (χ4v) is 2.70. The summed E-state index contributed by atoms with van der Waals surface area (Å²) in [5.41, 5.74) is -3.22. The van der Waals surface area contributed by atoms with Crippen LogP contribution in [0.3, 0.4) is 0 Å². The third-order valence-electron chi connectivity index (χ3n) is 4.25. The summed E-state index contributed by atoms with van der Waals surface area (Å²) < 4.78 is 66.3. The van der Waals surface area contributed by atoms with Crippen molar-refractivity contribution in [2.24, 2.45) is 0 Å². The molecule has 2 N–H and O–H groups in total. The first-order valence-electron chi connectivity index (χ1n) is 9.06. The summed E-state index contributed by atoms with van der Waals surface area (Å²) in [5, 5.41) is 15.4. The Hall–Kier alpha value is -3.67. The number of halogens is 5. The Kier molecular flexibility index (Phi) is 6.35. The van der Waals surface area contributed by atoms with Gasteiger partial charge in [0.25, 0.3) is 11.5 Å². The highest BCUT2D eigenvalue weighted by atomic mass is 19.4. The van der Waals surface area contributed by atoms with Crippen LogP contribution in [-0.4, -0.2) is 38.4 Å². The third kappa shape index (κ3) is 4.97. The summed E-state index contributed by atoms with van der Waals surface area (Å²) in [6.45, 7) is 1.02. The van der Waals surface area contributed by atoms with Gasteiger partial charge in [-0.3, -0.25) is 14.6 Å². The number of carbonyl (C=O) groups excluding carboxylic acids is 1. The number of alkyl halides is 3. The van der Waals surface area contributed by atoms with Crippen molar-refractivity contribution in [1.29, 1.82) is 0 Å². The van der Waals surface area contributed by atoms with Gasteiger partial charge in [-0.25, -0.2) is 8.78 Å². The van der Waals surface area contributed by atoms with Gasteiger partial charge in [0.05, 0.1) is 18.0 Å². The van der Waals surface area contributed by atoms with Crippen LogP contribution in [0, 0.1) is 11.6 Å². The monoisotopic (exact) mass is 454 g/mol. The van der Waals surface area contributed by atoms with Crippen LogP contribution in [0.15, 0.2) is 47.4 Å². The second-order valence-corrected chi connectivity index (χ2v) is 6.77. The van der Waals surface area contributed by atoms with E-state index in [0.29, 0.717) is 16.8 Å². The van der Waals surface area contributed by atoms with Gasteiger partial charge in [-0.2, -0.15) is 23.0 Å². The van der Waals surface area contributed by atoms with Crippen LogP contribution in [0.5, 0.6) is 0 Å². The highest BCUT2D eigenvalue weighted by Crippen LogP contribution is 2.28. The number of nitrogens with one attached hydrogen (secondary N) is 1. The third-order valence-corrected chi connectivity index (χ3v) is 4.25. The molecule has 0 saturated heterocycles. The van der Waals surface area contributed by atoms with E-state index in [0.717, 1.165) is 30.5 Å². The second kappa shape index (κ2) is 8.83. The van der Waals surface area contributed by atoms with Gasteiger partial charge >= 0.3 is 6.18 Å². The van der Waals surface area contributed by atoms with E-state index in [4.69, 9.17) is 5.11 Å². The Morgan fingerprint density at radius 2 is 1.81 bits per heavy atom. The van der Waals surface area contributed by atoms with Gasteiger partial charge in [0.15, 0.2) is 0 Å². The molecule has 0 bridgehead atoms. The summed E-state index contributed by atoms with van der Waals surface area (Å²) in [6, 6.07) is 4.15. The summed E-state index contributed by atoms with van der Waals surface area (Å²) in [5.74, 6) is -2.96. The lowest BCUT2D eigenvalue weighted by Crippen LogP contribution is -2.39. The first-order valence-corrected chi connectivity index (χ1v) is 9.06. The van der Waals surface area contributed by atoms with Crippen molar-refractivity contribution in [2.75, 3.05) is 6.61 Å². The molecular weight excluding hydrogens is 439 g/mol. The number of carbonyl (C=O) groups is 1. The first-order chi connectivity index (χ1) is 15.0. The summed E-state index contributed by atoms with van der Waals surface area (Å²) in [7, 11) is 0. The maximum atomic E-state index is 13.7. The Morgan fingerprint density at radius 3 is 2.34 bits per heavy atom. The summed E-state index contributed by atoms with van der Waals surface area (Å²) >= 11 is 0. The number of hydrogen-bond acceptors (Lipinski definition) is 5. The Morgan fingerprint density at radius 1 is 1.16 bits per heavy atom. The summed E-state index contributed by atoms with van der Waals surface area (Å²) in [6.07, 6.45) is -3.85. The molecule has 168 valence electrons. The maximum absolute atomic E-state index is 13.7. The highest BCUT2D eigenvalue weighted by molar-refractivity contribution is 5.95. The fraction of sp³-hybridized carbons (Fsp3) is 0.200. The number of aromatic nitrogens is 3. The largest absolute Gasteiger partial charge is 0.433 e. The van der Waals surface area contributed by atoms with E-state index in [9.17, 15) is 31.5 Å². The van der Waals surface area contributed by atoms with Crippen LogP contribution in [0.4, 0.5) is 22.0 Å². The predicted molar refractivity (Wildman–Crippen MR) is 102 cm³/mol. The lowest BCUT2D eigenvalue weighted by Gasteiger charge is -2.14. The van der Waals surface area contributed by atoms with Crippen LogP contribution < -0.4 is 10.9 Å². The van der Waals surface area contributed by atoms with E-state index in [1.807, 2.05) is 0 Å². The van der Waals surface area contributed by atoms with Gasteiger partial charge in [-0.15, -0.1) is 0 Å². The van der Waals surface area contributed by atoms with Gasteiger partial charge in [-0.1, -0.05) is 0 Å². The van der Waals surface area contributed by atoms with E-state index in [1.54, 1.807) is 0 Å². The van der Waals surface area contributed by atoms with Gasteiger partial charge in [0.2, 0.25) is 0 Å². The number of nitrogens with zero attached hydrogens (tertiary/aromatic N) is 3. The molecule has 3 aromatic rings. The van der Waals surface area contributed by atoms with Gasteiger partial charge < -0.3 is 10.4 Å². The number of aliphatic hydroxyl groups is 1. The lowest BCUT2D eigenvalue weighted by atomic mass is 10.1. The molecule has 1 amide bonds. The molecule has 12 heteroatoms. The van der Waals surface area contributed by atoms with E-state index in [-0.39, 0.29) is 16.9 Å². The normalized spacial score (nSPS) is 12.5. The molecule has 0 saturated carbocycles. The minimum absolute atomic E-state index is 0.00730. The molecule has 0 aliphatic rings. The van der Waals surface area contributed by atoms with Gasteiger partial charge in [-0.05, 0) is 37.3 Å². The number of amides is 1. The van der Waals surface area contributed by atoms with Crippen molar-refractivity contribution in [3.05, 3.63) is 75.8 Å². The van der Waals surface area contributed by atoms with Crippen molar-refractivity contribution in [3.63, 3.8) is 0 Å². The zero-order chi connectivity index (χ0) is 23.6. The number of hydrogen-bond donors (Lipinski definition) is 2. The van der Waals surface area contributed by atoms with Crippen molar-refractivity contribution < 1.29 is 31.9 Å². The number of benzene rings is 1. The van der Waals surface area contributed by atoms with E-state index in [1.165, 1.54) is 6.92 Å². The molecule has 32 heavy (non-hydrogen) atoms. The molecule has 1 atom stereocenters. The predicted octanol–water partition coefficient (Wildman–Crippen LogP) is 2.70. The fourth-order valence-electron chi connectivity index (χ4n) is 2.70. The molecule has 7 nitrogen and oxygen atoms in total. The van der Waals surface area contributed by atoms with Gasteiger partial charge in [0.1, 0.15) is 22.9 Å². The summed E-state index contributed by atoms with van der Waals surface area (Å²) in [4.78, 5) is 28.7. The quantitative estimate of drug-likeness (QED) is 0.578. The standard InChI is InChI=1S/C20H15F5N4O3/c1-10(9-30)27-18(31)15-7-16(11-2-3-17(26-8-11)20(23,24)25)28-29(19(15)32)14-5-12(21)4-13(22)6-14/h2-8,10,30H,9H2,1H3,(H,27,31)/t10-/m0/s1. The molecule has 0 radical (unpaired) electrons. The molecule has 0 fully saturated rings. The van der Waals surface area contributed by atoms with E-state index in [2.05, 4.69) is 15.4 Å². The van der Waals surface area contributed by atoms with Gasteiger partial charge in [0, 0.05) is 23.9 Å². The molecule has 0 unspecified atom stereocenters. The van der Waals surface area contributed by atoms with Crippen LogP contribution in [0.25, 0.3) is 16.9 Å². The smallest absolute Gasteiger partial charge is 0.394 e. The van der Waals surface area contributed by atoms with Crippen molar-refractivity contribution >= 4 is 5.91 Å². The average molecular weight is 454 g/mol. The van der Waals surface area contributed by atoms with Crippen LogP contribution in [0.1, 0.15) is 23.0 Å². The van der Waals surface area contributed by atoms with Crippen molar-refractivity contribution in [3.8, 4) is 16.9 Å². The molecule has 0 aliphatic carbocycles. The number of pyridine rings is 1. The van der Waals surface area contributed by atoms with Crippen molar-refractivity contribution in [2.45, 2.75) is 19.1 Å². The molecule has 1 aromatic carbocycles. The molecule has 0 spiro atoms. The van der Waals surface area contributed by atoms with E-state index < -0.39 is 53.2 Å². The second-order valence-electron chi connectivity index (χ2n) is 6.77. The Labute approximate surface area is 177 Å². The van der Waals surface area contributed by atoms with Crippen molar-refractivity contribution in [1.82, 2.24) is 20.1 Å². The van der Waals surface area contributed by atoms with Crippen LogP contribution in [-0.2, 0) is 6.18 Å². The zero-order valence-corrected chi connectivity index (χ0v) is 16.3. The maximum Gasteiger partial charge on any atom is 0.433 e. The molecule has 0 aliphatic heterocycles. The minimum atomic E-state index is -4.69. The SMILES string of the molecule is C[C@@H](CO)NC(=O)c1cc(-c2ccc(C(F)(F)F)nc2)nn(-c2cc(F)cc(F)c2)c1=O. The Bertz CT molecular complexity index is 1190. The topological polar surface area (TPSA) is 97.1 Å². The first kappa shape index (κ1) is 23.0.